The molecule has 0 unspecified atom stereocenters. The molecule has 0 aromatic heterocycles. The van der Waals surface area contributed by atoms with E-state index in [1.54, 1.807) is 0 Å². The minimum atomic E-state index is -0.505. The zero-order chi connectivity index (χ0) is 7.56. The Morgan fingerprint density at radius 2 is 2.40 bits per heavy atom. The Kier molecular flexibility index (Phi) is 1.71. The fourth-order valence-corrected chi connectivity index (χ4v) is 0.797. The van der Waals surface area contributed by atoms with Gasteiger partial charge in [-0.05, 0) is 12.5 Å². The summed E-state index contributed by atoms with van der Waals surface area (Å²) >= 11 is 0. The molecule has 0 bridgehead atoms. The highest BCUT2D eigenvalue weighted by Crippen LogP contribution is 2.14. The van der Waals surface area contributed by atoms with E-state index in [0.717, 1.165) is 0 Å². The van der Waals surface area contributed by atoms with E-state index in [1.165, 1.54) is 12.2 Å². The molecule has 4 heteroatoms. The van der Waals surface area contributed by atoms with Crippen LogP contribution < -0.4 is 0 Å². The van der Waals surface area contributed by atoms with Gasteiger partial charge in [0, 0.05) is 6.42 Å². The molecule has 0 heterocycles. The molecule has 0 aromatic carbocycles. The van der Waals surface area contributed by atoms with E-state index < -0.39 is 4.92 Å². The van der Waals surface area contributed by atoms with Crippen LogP contribution >= 0.6 is 0 Å². The summed E-state index contributed by atoms with van der Waals surface area (Å²) in [4.78, 5) is 9.58. The van der Waals surface area contributed by atoms with Crippen LogP contribution in [-0.4, -0.2) is 10.0 Å². The molecule has 0 fully saturated rings. The van der Waals surface area contributed by atoms with Crippen molar-refractivity contribution >= 4 is 0 Å². The molecule has 0 saturated heterocycles. The van der Waals surface area contributed by atoms with Crippen molar-refractivity contribution in [1.82, 2.24) is 0 Å². The first-order valence-electron chi connectivity index (χ1n) is 2.94. The number of nitrogens with zero attached hydrogens (tertiary/aromatic N) is 1. The first kappa shape index (κ1) is 6.80. The van der Waals surface area contributed by atoms with Gasteiger partial charge in [0.1, 0.15) is 0 Å². The molecule has 1 N–H and O–H groups in total. The van der Waals surface area contributed by atoms with Gasteiger partial charge >= 0.3 is 0 Å². The Morgan fingerprint density at radius 1 is 1.70 bits per heavy atom. The number of hydrogen-bond acceptors (Lipinski definition) is 3. The highest BCUT2D eigenvalue weighted by molar-refractivity contribution is 5.18. The number of allylic oxidation sites excluding steroid dienone is 3. The zero-order valence-electron chi connectivity index (χ0n) is 5.28. The molecule has 0 saturated carbocycles. The number of nitro groups is 1. The molecule has 0 aromatic rings. The lowest BCUT2D eigenvalue weighted by Gasteiger charge is -2.01. The van der Waals surface area contributed by atoms with E-state index in [-0.39, 0.29) is 11.5 Å². The molecule has 1 rings (SSSR count). The van der Waals surface area contributed by atoms with E-state index in [2.05, 4.69) is 0 Å². The Bertz CT molecular complexity index is 217. The third-order valence-corrected chi connectivity index (χ3v) is 1.28. The van der Waals surface area contributed by atoms with Crippen LogP contribution in [0.25, 0.3) is 0 Å². The average Bonchev–Trinajstić information content (AvgIpc) is 1.88. The predicted octanol–water partition coefficient (Wildman–Crippen LogP) is 1.38. The standard InChI is InChI=1S/C6H7NO3/c8-6-3-1-2-5(4-6)7(9)10/h2,4,8H,1,3H2. The molecule has 0 spiro atoms. The van der Waals surface area contributed by atoms with Gasteiger partial charge in [0.05, 0.1) is 16.8 Å². The third-order valence-electron chi connectivity index (χ3n) is 1.28. The van der Waals surface area contributed by atoms with Crippen molar-refractivity contribution in [3.05, 3.63) is 33.7 Å². The fraction of sp³-hybridized carbons (Fsp3) is 0.333. The number of rotatable bonds is 1. The number of aliphatic hydroxyl groups excluding tert-OH is 1. The minimum Gasteiger partial charge on any atom is -0.512 e. The van der Waals surface area contributed by atoms with Crippen LogP contribution in [0.15, 0.2) is 23.6 Å². The van der Waals surface area contributed by atoms with Crippen molar-refractivity contribution in [2.75, 3.05) is 0 Å². The maximum absolute atomic E-state index is 10.1. The fourth-order valence-electron chi connectivity index (χ4n) is 0.797. The number of aliphatic hydroxyl groups is 1. The smallest absolute Gasteiger partial charge is 0.268 e. The summed E-state index contributed by atoms with van der Waals surface area (Å²) in [5.41, 5.74) is -0.0104. The maximum Gasteiger partial charge on any atom is 0.268 e. The van der Waals surface area contributed by atoms with Crippen molar-refractivity contribution in [3.8, 4) is 0 Å². The van der Waals surface area contributed by atoms with Crippen molar-refractivity contribution in [2.45, 2.75) is 12.8 Å². The van der Waals surface area contributed by atoms with Crippen LogP contribution in [-0.2, 0) is 0 Å². The van der Waals surface area contributed by atoms with Gasteiger partial charge in [0.15, 0.2) is 0 Å². The molecule has 1 aliphatic rings. The predicted molar refractivity (Wildman–Crippen MR) is 35.0 cm³/mol. The van der Waals surface area contributed by atoms with E-state index in [1.807, 2.05) is 0 Å². The zero-order valence-corrected chi connectivity index (χ0v) is 5.28. The molecular weight excluding hydrogens is 134 g/mol. The Morgan fingerprint density at radius 3 is 2.80 bits per heavy atom. The Balaban J connectivity index is 2.79. The molecule has 0 radical (unpaired) electrons. The second-order valence-corrected chi connectivity index (χ2v) is 2.06. The second-order valence-electron chi connectivity index (χ2n) is 2.06. The van der Waals surface area contributed by atoms with Gasteiger partial charge in [-0.2, -0.15) is 0 Å². The molecule has 0 atom stereocenters. The van der Waals surface area contributed by atoms with Gasteiger partial charge < -0.3 is 5.11 Å². The molecule has 54 valence electrons. The summed E-state index contributed by atoms with van der Waals surface area (Å²) in [6.45, 7) is 0. The van der Waals surface area contributed by atoms with Crippen molar-refractivity contribution in [1.29, 1.82) is 0 Å². The van der Waals surface area contributed by atoms with Crippen molar-refractivity contribution in [2.24, 2.45) is 0 Å². The molecule has 1 aliphatic carbocycles. The van der Waals surface area contributed by atoms with Gasteiger partial charge in [0.2, 0.25) is 0 Å². The molecule has 10 heavy (non-hydrogen) atoms. The summed E-state index contributed by atoms with van der Waals surface area (Å²) in [6, 6.07) is 0. The van der Waals surface area contributed by atoms with Crippen molar-refractivity contribution in [3.63, 3.8) is 0 Å². The molecule has 4 nitrogen and oxygen atoms in total. The maximum atomic E-state index is 10.1. The largest absolute Gasteiger partial charge is 0.512 e. The Labute approximate surface area is 57.6 Å². The van der Waals surface area contributed by atoms with Gasteiger partial charge in [-0.15, -0.1) is 0 Å². The molecule has 0 amide bonds. The van der Waals surface area contributed by atoms with Gasteiger partial charge in [-0.3, -0.25) is 10.1 Å². The summed E-state index contributed by atoms with van der Waals surface area (Å²) in [7, 11) is 0. The Hall–Kier alpha value is -1.32. The van der Waals surface area contributed by atoms with Crippen molar-refractivity contribution < 1.29 is 10.0 Å². The highest BCUT2D eigenvalue weighted by atomic mass is 16.6. The normalized spacial score (nSPS) is 17.6. The summed E-state index contributed by atoms with van der Waals surface area (Å²) < 4.78 is 0. The quantitative estimate of drug-likeness (QED) is 0.443. The lowest BCUT2D eigenvalue weighted by molar-refractivity contribution is -0.419. The van der Waals surface area contributed by atoms with E-state index in [4.69, 9.17) is 5.11 Å². The monoisotopic (exact) mass is 141 g/mol. The van der Waals surface area contributed by atoms with Crippen LogP contribution in [0.2, 0.25) is 0 Å². The third kappa shape index (κ3) is 1.34. The van der Waals surface area contributed by atoms with E-state index in [9.17, 15) is 10.1 Å². The first-order valence-corrected chi connectivity index (χ1v) is 2.94. The summed E-state index contributed by atoms with van der Waals surface area (Å²) in [6.07, 6.45) is 3.75. The van der Waals surface area contributed by atoms with Crippen LogP contribution in [0.1, 0.15) is 12.8 Å². The summed E-state index contributed by atoms with van der Waals surface area (Å²) in [5.74, 6) is 0.0919. The molecular formula is C6H7NO3. The van der Waals surface area contributed by atoms with Crippen LogP contribution in [0, 0.1) is 10.1 Å². The topological polar surface area (TPSA) is 63.4 Å². The van der Waals surface area contributed by atoms with Crippen LogP contribution in [0.4, 0.5) is 0 Å². The highest BCUT2D eigenvalue weighted by Gasteiger charge is 2.12. The van der Waals surface area contributed by atoms with Gasteiger partial charge in [-0.25, -0.2) is 0 Å². The molecule has 0 aliphatic heterocycles. The minimum absolute atomic E-state index is 0.0104. The van der Waals surface area contributed by atoms with Gasteiger partial charge in [-0.1, -0.05) is 0 Å². The van der Waals surface area contributed by atoms with Gasteiger partial charge in [0.25, 0.3) is 5.70 Å². The summed E-state index contributed by atoms with van der Waals surface area (Å²) in [5, 5.41) is 18.9. The van der Waals surface area contributed by atoms with Crippen LogP contribution in [0.5, 0.6) is 0 Å². The number of hydrogen-bond donors (Lipinski definition) is 1. The first-order chi connectivity index (χ1) is 4.70. The van der Waals surface area contributed by atoms with Crippen LogP contribution in [0.3, 0.4) is 0 Å². The lowest BCUT2D eigenvalue weighted by Crippen LogP contribution is -2.00. The second kappa shape index (κ2) is 2.51. The average molecular weight is 141 g/mol. The lowest BCUT2D eigenvalue weighted by atomic mass is 10.1. The van der Waals surface area contributed by atoms with E-state index in [0.29, 0.717) is 12.8 Å². The van der Waals surface area contributed by atoms with E-state index >= 15 is 0 Å². The SMILES string of the molecule is O=[N+]([O-])C1=CCCC(O)=C1.